The maximum absolute atomic E-state index is 4.68. The van der Waals surface area contributed by atoms with Crippen LogP contribution in [0.1, 0.15) is 43.5 Å². The zero-order valence-corrected chi connectivity index (χ0v) is 14.3. The second kappa shape index (κ2) is 5.94. The monoisotopic (exact) mass is 394 g/mol. The minimum atomic E-state index is -0.0359. The molecule has 1 aliphatic carbocycles. The molecular formula is C16H16Br2N2. The summed E-state index contributed by atoms with van der Waals surface area (Å²) >= 11 is 6.99. The maximum atomic E-state index is 4.68. The average Bonchev–Trinajstić information content (AvgIpc) is 2.48. The van der Waals surface area contributed by atoms with Gasteiger partial charge in [-0.1, -0.05) is 49.6 Å². The minimum absolute atomic E-state index is 0.0359. The molecule has 0 unspecified atom stereocenters. The van der Waals surface area contributed by atoms with Crippen molar-refractivity contribution in [3.8, 4) is 0 Å². The van der Waals surface area contributed by atoms with Gasteiger partial charge in [0.25, 0.3) is 0 Å². The summed E-state index contributed by atoms with van der Waals surface area (Å²) in [6, 6.07) is 12.6. The Kier molecular flexibility index (Phi) is 4.22. The summed E-state index contributed by atoms with van der Waals surface area (Å²) in [4.78, 5) is 9.36. The molecule has 1 aromatic carbocycles. The van der Waals surface area contributed by atoms with Crippen LogP contribution < -0.4 is 0 Å². The maximum Gasteiger partial charge on any atom is 0.141 e. The van der Waals surface area contributed by atoms with Gasteiger partial charge >= 0.3 is 0 Å². The molecule has 1 aromatic heterocycles. The molecule has 0 saturated heterocycles. The number of nitrogens with zero attached hydrogens (tertiary/aromatic N) is 2. The number of aromatic nitrogens is 2. The lowest BCUT2D eigenvalue weighted by atomic mass is 9.69. The fourth-order valence-corrected chi connectivity index (χ4v) is 4.23. The predicted octanol–water partition coefficient (Wildman–Crippen LogP) is 5.25. The summed E-state index contributed by atoms with van der Waals surface area (Å²) in [7, 11) is 0. The Morgan fingerprint density at radius 2 is 1.45 bits per heavy atom. The van der Waals surface area contributed by atoms with Crippen LogP contribution in [-0.4, -0.2) is 9.97 Å². The Labute approximate surface area is 136 Å². The summed E-state index contributed by atoms with van der Waals surface area (Å²) in [5.74, 6) is 0.935. The van der Waals surface area contributed by atoms with Crippen molar-refractivity contribution in [3.63, 3.8) is 0 Å². The SMILES string of the molecule is Brc1cc(Br)nc(C2(c3ccccc3)CCCCC2)n1. The lowest BCUT2D eigenvalue weighted by molar-refractivity contribution is 0.329. The Balaban J connectivity index is 2.15. The molecule has 0 atom stereocenters. The van der Waals surface area contributed by atoms with E-state index < -0.39 is 0 Å². The van der Waals surface area contributed by atoms with Gasteiger partial charge in [-0.2, -0.15) is 0 Å². The second-order valence-corrected chi connectivity index (χ2v) is 6.97. The zero-order valence-electron chi connectivity index (χ0n) is 11.1. The fourth-order valence-electron chi connectivity index (χ4n) is 3.16. The van der Waals surface area contributed by atoms with Gasteiger partial charge in [0, 0.05) is 6.07 Å². The first-order chi connectivity index (χ1) is 9.71. The van der Waals surface area contributed by atoms with Crippen molar-refractivity contribution >= 4 is 31.9 Å². The van der Waals surface area contributed by atoms with Crippen molar-refractivity contribution < 1.29 is 0 Å². The van der Waals surface area contributed by atoms with Crippen LogP contribution in [0.2, 0.25) is 0 Å². The van der Waals surface area contributed by atoms with Gasteiger partial charge in [0.15, 0.2) is 0 Å². The number of rotatable bonds is 2. The molecule has 1 fully saturated rings. The molecule has 1 saturated carbocycles. The predicted molar refractivity (Wildman–Crippen MR) is 87.7 cm³/mol. The van der Waals surface area contributed by atoms with Gasteiger partial charge in [-0.05, 0) is 50.3 Å². The number of hydrogen-bond acceptors (Lipinski definition) is 2. The van der Waals surface area contributed by atoms with Gasteiger partial charge in [0.05, 0.1) is 5.41 Å². The highest BCUT2D eigenvalue weighted by molar-refractivity contribution is 9.11. The molecular weight excluding hydrogens is 380 g/mol. The molecule has 0 spiro atoms. The van der Waals surface area contributed by atoms with Gasteiger partial charge in [0.2, 0.25) is 0 Å². The third-order valence-corrected chi connectivity index (χ3v) is 4.94. The number of hydrogen-bond donors (Lipinski definition) is 0. The summed E-state index contributed by atoms with van der Waals surface area (Å²) in [6.07, 6.45) is 6.04. The fraction of sp³-hybridized carbons (Fsp3) is 0.375. The van der Waals surface area contributed by atoms with Crippen LogP contribution in [0.3, 0.4) is 0 Å². The molecule has 3 rings (SSSR count). The smallest absolute Gasteiger partial charge is 0.141 e. The largest absolute Gasteiger partial charge is 0.225 e. The van der Waals surface area contributed by atoms with Gasteiger partial charge in [-0.3, -0.25) is 0 Å². The highest BCUT2D eigenvalue weighted by atomic mass is 79.9. The van der Waals surface area contributed by atoms with Crippen molar-refractivity contribution in [2.24, 2.45) is 0 Å². The minimum Gasteiger partial charge on any atom is -0.225 e. The second-order valence-electron chi connectivity index (χ2n) is 5.35. The Hall–Kier alpha value is -0.740. The van der Waals surface area contributed by atoms with Crippen molar-refractivity contribution in [1.29, 1.82) is 0 Å². The normalized spacial score (nSPS) is 17.9. The average molecular weight is 396 g/mol. The summed E-state index contributed by atoms with van der Waals surface area (Å²) in [5.41, 5.74) is 1.30. The molecule has 1 heterocycles. The molecule has 0 amide bonds. The van der Waals surface area contributed by atoms with Crippen LogP contribution >= 0.6 is 31.9 Å². The molecule has 0 N–H and O–H groups in total. The topological polar surface area (TPSA) is 25.8 Å². The van der Waals surface area contributed by atoms with Crippen molar-refractivity contribution in [1.82, 2.24) is 9.97 Å². The first kappa shape index (κ1) is 14.2. The highest BCUT2D eigenvalue weighted by Crippen LogP contribution is 2.43. The van der Waals surface area contributed by atoms with Crippen LogP contribution in [0, 0.1) is 0 Å². The molecule has 0 radical (unpaired) electrons. The summed E-state index contributed by atoms with van der Waals surface area (Å²) in [5, 5.41) is 0. The van der Waals surface area contributed by atoms with Crippen LogP contribution in [0.15, 0.2) is 45.6 Å². The van der Waals surface area contributed by atoms with Crippen LogP contribution in [0.25, 0.3) is 0 Å². The van der Waals surface area contributed by atoms with E-state index in [0.29, 0.717) is 0 Å². The van der Waals surface area contributed by atoms with Crippen molar-refractivity contribution in [3.05, 3.63) is 57.0 Å². The molecule has 2 aromatic rings. The van der Waals surface area contributed by atoms with Crippen LogP contribution in [0.4, 0.5) is 0 Å². The summed E-state index contributed by atoms with van der Waals surface area (Å²) < 4.78 is 1.69. The van der Waals surface area contributed by atoms with E-state index in [-0.39, 0.29) is 5.41 Å². The Bertz CT molecular complexity index is 572. The standard InChI is InChI=1S/C16H16Br2N2/c17-13-11-14(18)20-15(19-13)16(9-5-2-6-10-16)12-7-3-1-4-8-12/h1,3-4,7-8,11H,2,5-6,9-10H2. The van der Waals surface area contributed by atoms with E-state index in [1.165, 1.54) is 24.8 Å². The quantitative estimate of drug-likeness (QED) is 0.648. The lowest BCUT2D eigenvalue weighted by Crippen LogP contribution is -2.32. The highest BCUT2D eigenvalue weighted by Gasteiger charge is 2.38. The van der Waals surface area contributed by atoms with Gasteiger partial charge < -0.3 is 0 Å². The van der Waals surface area contributed by atoms with Crippen LogP contribution in [0.5, 0.6) is 0 Å². The first-order valence-corrected chi connectivity index (χ1v) is 8.55. The Morgan fingerprint density at radius 3 is 2.05 bits per heavy atom. The van der Waals surface area contributed by atoms with Crippen molar-refractivity contribution in [2.75, 3.05) is 0 Å². The summed E-state index contributed by atoms with van der Waals surface area (Å²) in [6.45, 7) is 0. The van der Waals surface area contributed by atoms with E-state index in [0.717, 1.165) is 27.9 Å². The van der Waals surface area contributed by atoms with Gasteiger partial charge in [-0.25, -0.2) is 9.97 Å². The van der Waals surface area contributed by atoms with E-state index >= 15 is 0 Å². The molecule has 104 valence electrons. The van der Waals surface area contributed by atoms with Gasteiger partial charge in [0.1, 0.15) is 15.0 Å². The molecule has 0 aliphatic heterocycles. The lowest BCUT2D eigenvalue weighted by Gasteiger charge is -2.36. The van der Waals surface area contributed by atoms with E-state index in [4.69, 9.17) is 0 Å². The molecule has 0 bridgehead atoms. The van der Waals surface area contributed by atoms with Crippen LogP contribution in [-0.2, 0) is 5.41 Å². The Morgan fingerprint density at radius 1 is 0.850 bits per heavy atom. The van der Waals surface area contributed by atoms with Crippen molar-refractivity contribution in [2.45, 2.75) is 37.5 Å². The third-order valence-electron chi connectivity index (χ3n) is 4.13. The van der Waals surface area contributed by atoms with E-state index in [9.17, 15) is 0 Å². The van der Waals surface area contributed by atoms with E-state index in [1.807, 2.05) is 6.07 Å². The number of halogens is 2. The van der Waals surface area contributed by atoms with E-state index in [1.54, 1.807) is 0 Å². The van der Waals surface area contributed by atoms with Gasteiger partial charge in [-0.15, -0.1) is 0 Å². The first-order valence-electron chi connectivity index (χ1n) is 6.97. The molecule has 2 nitrogen and oxygen atoms in total. The number of benzene rings is 1. The molecule has 4 heteroatoms. The molecule has 1 aliphatic rings. The third kappa shape index (κ3) is 2.68. The zero-order chi connectivity index (χ0) is 14.0. The van der Waals surface area contributed by atoms with E-state index in [2.05, 4.69) is 72.2 Å². The molecule has 20 heavy (non-hydrogen) atoms.